The van der Waals surface area contributed by atoms with E-state index < -0.39 is 10.0 Å². The van der Waals surface area contributed by atoms with Crippen molar-refractivity contribution in [3.05, 3.63) is 11.6 Å². The zero-order valence-electron chi connectivity index (χ0n) is 11.1. The maximum atomic E-state index is 12.3. The average molecular weight is 273 g/mol. The maximum absolute atomic E-state index is 12.3. The summed E-state index contributed by atoms with van der Waals surface area (Å²) in [4.78, 5) is 0. The molecule has 0 bridgehead atoms. The van der Waals surface area contributed by atoms with Crippen LogP contribution in [0.5, 0.6) is 0 Å². The smallest absolute Gasteiger partial charge is 0.217 e. The number of sulfonamides is 1. The molecule has 0 aliphatic carbocycles. The molecule has 0 spiro atoms. The molecule has 1 atom stereocenters. The van der Waals surface area contributed by atoms with Gasteiger partial charge in [-0.3, -0.25) is 0 Å². The van der Waals surface area contributed by atoms with E-state index in [-0.39, 0.29) is 11.9 Å². The minimum Gasteiger partial charge on any atom is -0.377 e. The standard InChI is InChI=1S/C13H23NO3S/c1-2-5-12-7-8-14(10-12)18(15,16)11-13-6-3-4-9-17-13/h7,13H,2-6,8-11H2,1H3. The van der Waals surface area contributed by atoms with Gasteiger partial charge in [-0.15, -0.1) is 0 Å². The van der Waals surface area contributed by atoms with Gasteiger partial charge in [-0.2, -0.15) is 4.31 Å². The minimum absolute atomic E-state index is 0.0982. The van der Waals surface area contributed by atoms with E-state index in [0.717, 1.165) is 32.1 Å². The van der Waals surface area contributed by atoms with Gasteiger partial charge in [0.1, 0.15) is 0 Å². The van der Waals surface area contributed by atoms with E-state index in [2.05, 4.69) is 13.0 Å². The van der Waals surface area contributed by atoms with Gasteiger partial charge in [-0.05, 0) is 25.7 Å². The summed E-state index contributed by atoms with van der Waals surface area (Å²) in [6.45, 7) is 3.96. The Morgan fingerprint density at radius 1 is 1.44 bits per heavy atom. The van der Waals surface area contributed by atoms with E-state index in [0.29, 0.717) is 19.7 Å². The summed E-state index contributed by atoms with van der Waals surface area (Å²) < 4.78 is 31.6. The van der Waals surface area contributed by atoms with E-state index in [1.165, 1.54) is 5.57 Å². The first kappa shape index (κ1) is 14.0. The lowest BCUT2D eigenvalue weighted by Gasteiger charge is -2.25. The molecule has 0 radical (unpaired) electrons. The van der Waals surface area contributed by atoms with Gasteiger partial charge in [-0.25, -0.2) is 8.42 Å². The van der Waals surface area contributed by atoms with E-state index in [9.17, 15) is 8.42 Å². The Hall–Kier alpha value is -0.390. The quantitative estimate of drug-likeness (QED) is 0.719. The van der Waals surface area contributed by atoms with Crippen LogP contribution in [0.2, 0.25) is 0 Å². The second-order valence-electron chi connectivity index (χ2n) is 5.17. The van der Waals surface area contributed by atoms with Crippen molar-refractivity contribution >= 4 is 10.0 Å². The molecule has 2 rings (SSSR count). The summed E-state index contributed by atoms with van der Waals surface area (Å²) in [5, 5.41) is 0. The lowest BCUT2D eigenvalue weighted by molar-refractivity contribution is 0.0300. The van der Waals surface area contributed by atoms with E-state index in [1.807, 2.05) is 0 Å². The lowest BCUT2D eigenvalue weighted by atomic mass is 10.1. The molecular formula is C13H23NO3S. The van der Waals surface area contributed by atoms with Crippen LogP contribution >= 0.6 is 0 Å². The van der Waals surface area contributed by atoms with Crippen LogP contribution in [0.4, 0.5) is 0 Å². The van der Waals surface area contributed by atoms with Crippen molar-refractivity contribution in [1.82, 2.24) is 4.31 Å². The topological polar surface area (TPSA) is 46.6 Å². The molecule has 5 heteroatoms. The number of rotatable bonds is 5. The first-order valence-corrected chi connectivity index (χ1v) is 8.50. The second-order valence-corrected chi connectivity index (χ2v) is 7.19. The molecule has 1 saturated heterocycles. The molecule has 0 aromatic heterocycles. The zero-order chi connectivity index (χ0) is 13.0. The first-order valence-electron chi connectivity index (χ1n) is 6.89. The van der Waals surface area contributed by atoms with Gasteiger partial charge < -0.3 is 4.74 Å². The van der Waals surface area contributed by atoms with Crippen LogP contribution in [-0.2, 0) is 14.8 Å². The highest BCUT2D eigenvalue weighted by atomic mass is 32.2. The molecule has 2 heterocycles. The third-order valence-corrected chi connectivity index (χ3v) is 5.46. The summed E-state index contributed by atoms with van der Waals surface area (Å²) in [5.74, 6) is 0.153. The fourth-order valence-electron chi connectivity index (χ4n) is 2.58. The molecule has 1 fully saturated rings. The van der Waals surface area contributed by atoms with Crippen molar-refractivity contribution in [3.8, 4) is 0 Å². The Morgan fingerprint density at radius 2 is 2.28 bits per heavy atom. The molecule has 18 heavy (non-hydrogen) atoms. The van der Waals surface area contributed by atoms with Crippen LogP contribution in [0.25, 0.3) is 0 Å². The largest absolute Gasteiger partial charge is 0.377 e. The second kappa shape index (κ2) is 6.17. The van der Waals surface area contributed by atoms with Gasteiger partial charge in [0, 0.05) is 19.7 Å². The van der Waals surface area contributed by atoms with Gasteiger partial charge in [0.05, 0.1) is 11.9 Å². The van der Waals surface area contributed by atoms with Gasteiger partial charge in [0.15, 0.2) is 0 Å². The average Bonchev–Trinajstić information content (AvgIpc) is 2.80. The van der Waals surface area contributed by atoms with Gasteiger partial charge in [0.25, 0.3) is 0 Å². The normalized spacial score (nSPS) is 26.3. The Bertz CT molecular complexity index is 396. The van der Waals surface area contributed by atoms with Crippen molar-refractivity contribution in [1.29, 1.82) is 0 Å². The van der Waals surface area contributed by atoms with Crippen LogP contribution < -0.4 is 0 Å². The lowest BCUT2D eigenvalue weighted by Crippen LogP contribution is -2.37. The fourth-order valence-corrected chi connectivity index (χ4v) is 4.19. The van der Waals surface area contributed by atoms with Gasteiger partial charge >= 0.3 is 0 Å². The number of hydrogen-bond acceptors (Lipinski definition) is 3. The molecule has 0 saturated carbocycles. The molecule has 2 aliphatic heterocycles. The molecule has 0 N–H and O–H groups in total. The molecule has 1 unspecified atom stereocenters. The monoisotopic (exact) mass is 273 g/mol. The highest BCUT2D eigenvalue weighted by molar-refractivity contribution is 7.89. The summed E-state index contributed by atoms with van der Waals surface area (Å²) in [7, 11) is -3.15. The predicted octanol–water partition coefficient (Wildman–Crippen LogP) is 1.93. The summed E-state index contributed by atoms with van der Waals surface area (Å²) >= 11 is 0. The van der Waals surface area contributed by atoms with Crippen molar-refractivity contribution < 1.29 is 13.2 Å². The Labute approximate surface area is 110 Å². The van der Waals surface area contributed by atoms with E-state index in [1.54, 1.807) is 4.31 Å². The number of ether oxygens (including phenoxy) is 1. The molecule has 104 valence electrons. The minimum atomic E-state index is -3.15. The SMILES string of the molecule is CCCC1=CCN(S(=O)(=O)CC2CCCCO2)C1. The van der Waals surface area contributed by atoms with Crippen LogP contribution in [-0.4, -0.2) is 44.3 Å². The Morgan fingerprint density at radius 3 is 2.94 bits per heavy atom. The van der Waals surface area contributed by atoms with Crippen LogP contribution in [0.15, 0.2) is 11.6 Å². The maximum Gasteiger partial charge on any atom is 0.217 e. The molecule has 4 nitrogen and oxygen atoms in total. The zero-order valence-corrected chi connectivity index (χ0v) is 11.9. The van der Waals surface area contributed by atoms with Crippen LogP contribution in [0, 0.1) is 0 Å². The van der Waals surface area contributed by atoms with Gasteiger partial charge in [-0.1, -0.05) is 25.0 Å². The summed E-state index contributed by atoms with van der Waals surface area (Å²) in [6.07, 6.45) is 7.06. The molecular weight excluding hydrogens is 250 g/mol. The van der Waals surface area contributed by atoms with Crippen molar-refractivity contribution in [2.24, 2.45) is 0 Å². The molecule has 2 aliphatic rings. The van der Waals surface area contributed by atoms with E-state index >= 15 is 0 Å². The Kier molecular flexibility index (Phi) is 4.81. The highest BCUT2D eigenvalue weighted by Gasteiger charge is 2.29. The summed E-state index contributed by atoms with van der Waals surface area (Å²) in [5.41, 5.74) is 1.26. The first-order chi connectivity index (χ1) is 8.62. The fraction of sp³-hybridized carbons (Fsp3) is 0.846. The molecule has 0 aromatic carbocycles. The Balaban J connectivity index is 1.88. The van der Waals surface area contributed by atoms with E-state index in [4.69, 9.17) is 4.74 Å². The number of nitrogens with zero attached hydrogens (tertiary/aromatic N) is 1. The predicted molar refractivity (Wildman–Crippen MR) is 71.9 cm³/mol. The van der Waals surface area contributed by atoms with Crippen molar-refractivity contribution in [2.75, 3.05) is 25.4 Å². The van der Waals surface area contributed by atoms with Gasteiger partial charge in [0.2, 0.25) is 10.0 Å². The third-order valence-electron chi connectivity index (χ3n) is 3.60. The van der Waals surface area contributed by atoms with Crippen molar-refractivity contribution in [3.63, 3.8) is 0 Å². The third kappa shape index (κ3) is 3.56. The molecule has 0 aromatic rings. The van der Waals surface area contributed by atoms with Crippen molar-refractivity contribution in [2.45, 2.75) is 45.1 Å². The highest BCUT2D eigenvalue weighted by Crippen LogP contribution is 2.21. The van der Waals surface area contributed by atoms with Crippen LogP contribution in [0.3, 0.4) is 0 Å². The summed E-state index contributed by atoms with van der Waals surface area (Å²) in [6, 6.07) is 0. The number of hydrogen-bond donors (Lipinski definition) is 0. The molecule has 0 amide bonds. The van der Waals surface area contributed by atoms with Crippen LogP contribution in [0.1, 0.15) is 39.0 Å².